The summed E-state index contributed by atoms with van der Waals surface area (Å²) in [6.07, 6.45) is -6.70. The van der Waals surface area contributed by atoms with Gasteiger partial charge in [-0.2, -0.15) is 13.2 Å². The number of carbonyl (C=O) groups excluding carboxylic acids is 1. The zero-order chi connectivity index (χ0) is 28.3. The maximum Gasteiger partial charge on any atom is 0.433 e. The van der Waals surface area contributed by atoms with Crippen molar-refractivity contribution in [2.24, 2.45) is 0 Å². The van der Waals surface area contributed by atoms with E-state index in [1.165, 1.54) is 31.2 Å². The first-order valence-corrected chi connectivity index (χ1v) is 13.0. The van der Waals surface area contributed by atoms with Gasteiger partial charge in [0.05, 0.1) is 17.9 Å². The first-order chi connectivity index (χ1) is 17.7. The second-order valence-electron chi connectivity index (χ2n) is 8.51. The zero-order valence-corrected chi connectivity index (χ0v) is 20.9. The number of nitrogens with zero attached hydrogens (tertiary/aromatic N) is 1. The van der Waals surface area contributed by atoms with E-state index in [0.29, 0.717) is 0 Å². The number of amides is 1. The third-order valence-electron chi connectivity index (χ3n) is 5.63. The molecule has 0 aliphatic rings. The second-order valence-corrected chi connectivity index (χ2v) is 10.3. The molecule has 0 saturated carbocycles. The van der Waals surface area contributed by atoms with Crippen LogP contribution in [0.4, 0.5) is 26.3 Å². The number of hydrogen-bond donors (Lipinski definition) is 2. The molecule has 2 aromatic carbocycles. The van der Waals surface area contributed by atoms with Gasteiger partial charge >= 0.3 is 6.18 Å². The minimum atomic E-state index is -4.78. The lowest BCUT2D eigenvalue weighted by molar-refractivity contribution is -0.141. The fourth-order valence-electron chi connectivity index (χ4n) is 3.53. The van der Waals surface area contributed by atoms with Gasteiger partial charge in [-0.3, -0.25) is 4.79 Å². The van der Waals surface area contributed by atoms with Gasteiger partial charge in [0, 0.05) is 29.8 Å². The molecule has 0 saturated heterocycles. The van der Waals surface area contributed by atoms with Crippen LogP contribution in [-0.2, 0) is 34.1 Å². The van der Waals surface area contributed by atoms with Crippen molar-refractivity contribution >= 4 is 15.9 Å². The predicted octanol–water partition coefficient (Wildman–Crippen LogP) is 5.31. The lowest BCUT2D eigenvalue weighted by Gasteiger charge is -2.17. The number of pyridine rings is 1. The van der Waals surface area contributed by atoms with Gasteiger partial charge in [0.1, 0.15) is 11.5 Å². The van der Waals surface area contributed by atoms with Gasteiger partial charge in [-0.25, -0.2) is 31.3 Å². The number of rotatable bonds is 9. The second kappa shape index (κ2) is 11.5. The number of halogens is 6. The normalized spacial score (nSPS) is 13.0. The Morgan fingerprint density at radius 2 is 1.66 bits per heavy atom. The van der Waals surface area contributed by atoms with Gasteiger partial charge in [0.25, 0.3) is 6.43 Å². The van der Waals surface area contributed by atoms with Crippen LogP contribution in [0.25, 0.3) is 11.3 Å². The van der Waals surface area contributed by atoms with Crippen LogP contribution in [0.5, 0.6) is 0 Å². The molecule has 3 aromatic rings. The van der Waals surface area contributed by atoms with Gasteiger partial charge in [0.15, 0.2) is 0 Å². The van der Waals surface area contributed by atoms with Gasteiger partial charge in [0.2, 0.25) is 15.9 Å². The Morgan fingerprint density at radius 1 is 0.974 bits per heavy atom. The molecule has 0 radical (unpaired) electrons. The van der Waals surface area contributed by atoms with Crippen LogP contribution in [0.2, 0.25) is 0 Å². The minimum absolute atomic E-state index is 0.0200. The van der Waals surface area contributed by atoms with Crippen LogP contribution in [-0.4, -0.2) is 25.6 Å². The molecule has 0 bridgehead atoms. The summed E-state index contributed by atoms with van der Waals surface area (Å²) in [4.78, 5) is 16.4. The Morgan fingerprint density at radius 3 is 2.26 bits per heavy atom. The molecule has 6 nitrogen and oxygen atoms in total. The lowest BCUT2D eigenvalue weighted by atomic mass is 9.98. The third-order valence-corrected chi connectivity index (χ3v) is 6.30. The molecule has 0 spiro atoms. The topological polar surface area (TPSA) is 88.2 Å². The summed E-state index contributed by atoms with van der Waals surface area (Å²) in [5, 5.41) is 2.56. The van der Waals surface area contributed by atoms with Crippen molar-refractivity contribution in [2.45, 2.75) is 38.5 Å². The SMILES string of the molecule is CC(C(=O)NCc1ccc(C(F)(F)F)nc1-c1cccc(C(F)F)c1)c1ccc(CNS(C)(=O)=O)c(F)c1. The van der Waals surface area contributed by atoms with E-state index in [4.69, 9.17) is 0 Å². The largest absolute Gasteiger partial charge is 0.433 e. The van der Waals surface area contributed by atoms with E-state index in [0.717, 1.165) is 36.6 Å². The van der Waals surface area contributed by atoms with Crippen molar-refractivity contribution in [3.63, 3.8) is 0 Å². The molecular weight excluding hydrogens is 536 g/mol. The van der Waals surface area contributed by atoms with E-state index >= 15 is 0 Å². The molecular formula is C25H23F6N3O3S. The monoisotopic (exact) mass is 559 g/mol. The third kappa shape index (κ3) is 7.54. The Hall–Kier alpha value is -3.45. The number of carbonyl (C=O) groups is 1. The number of hydrogen-bond acceptors (Lipinski definition) is 4. The molecule has 0 aliphatic carbocycles. The summed E-state index contributed by atoms with van der Waals surface area (Å²) in [5.41, 5.74) is -1.33. The van der Waals surface area contributed by atoms with E-state index in [1.807, 2.05) is 0 Å². The van der Waals surface area contributed by atoms with Crippen molar-refractivity contribution in [3.05, 3.63) is 88.4 Å². The van der Waals surface area contributed by atoms with Crippen LogP contribution < -0.4 is 10.0 Å². The van der Waals surface area contributed by atoms with Crippen molar-refractivity contribution in [1.29, 1.82) is 0 Å². The average Bonchev–Trinajstić information content (AvgIpc) is 2.84. The molecule has 1 heterocycles. The Bertz CT molecular complexity index is 1430. The highest BCUT2D eigenvalue weighted by Crippen LogP contribution is 2.32. The van der Waals surface area contributed by atoms with E-state index in [-0.39, 0.29) is 41.0 Å². The van der Waals surface area contributed by atoms with Gasteiger partial charge < -0.3 is 5.32 Å². The van der Waals surface area contributed by atoms with Gasteiger partial charge in [-0.1, -0.05) is 36.4 Å². The maximum atomic E-state index is 14.4. The highest BCUT2D eigenvalue weighted by Gasteiger charge is 2.33. The molecule has 0 fully saturated rings. The quantitative estimate of drug-likeness (QED) is 0.348. The number of sulfonamides is 1. The first kappa shape index (κ1) is 29.1. The highest BCUT2D eigenvalue weighted by atomic mass is 32.2. The minimum Gasteiger partial charge on any atom is -0.351 e. The number of alkyl halides is 5. The Kier molecular flexibility index (Phi) is 8.82. The number of aromatic nitrogens is 1. The lowest BCUT2D eigenvalue weighted by Crippen LogP contribution is -2.28. The molecule has 38 heavy (non-hydrogen) atoms. The van der Waals surface area contributed by atoms with Crippen LogP contribution in [0, 0.1) is 5.82 Å². The molecule has 13 heteroatoms. The summed E-state index contributed by atoms with van der Waals surface area (Å²) >= 11 is 0. The van der Waals surface area contributed by atoms with Crippen LogP contribution in [0.3, 0.4) is 0 Å². The maximum absolute atomic E-state index is 14.4. The molecule has 1 atom stereocenters. The van der Waals surface area contributed by atoms with Crippen molar-refractivity contribution < 1.29 is 39.6 Å². The van der Waals surface area contributed by atoms with E-state index in [9.17, 15) is 39.6 Å². The number of nitrogens with one attached hydrogen (secondary N) is 2. The Balaban J connectivity index is 1.82. The van der Waals surface area contributed by atoms with E-state index in [2.05, 4.69) is 15.0 Å². The molecule has 2 N–H and O–H groups in total. The molecule has 1 unspecified atom stereocenters. The van der Waals surface area contributed by atoms with E-state index < -0.39 is 51.5 Å². The molecule has 1 amide bonds. The fraction of sp³-hybridized carbons (Fsp3) is 0.280. The standard InChI is InChI=1S/C25H23F6N3O3S/c1-14(15-6-7-18(20(26)11-15)13-33-38(2,36)37)24(35)32-12-19-8-9-21(25(29,30)31)34-22(19)16-4-3-5-17(10-16)23(27)28/h3-11,14,23,33H,12-13H2,1-2H3,(H,32,35). The first-order valence-electron chi connectivity index (χ1n) is 11.1. The molecule has 3 rings (SSSR count). The van der Waals surface area contributed by atoms with Crippen molar-refractivity contribution in [1.82, 2.24) is 15.0 Å². The smallest absolute Gasteiger partial charge is 0.351 e. The van der Waals surface area contributed by atoms with Gasteiger partial charge in [-0.15, -0.1) is 0 Å². The molecule has 1 aromatic heterocycles. The molecule has 204 valence electrons. The average molecular weight is 560 g/mol. The summed E-state index contributed by atoms with van der Waals surface area (Å²) in [7, 11) is -3.54. The van der Waals surface area contributed by atoms with Crippen molar-refractivity contribution in [2.75, 3.05) is 6.26 Å². The highest BCUT2D eigenvalue weighted by molar-refractivity contribution is 7.88. The fourth-order valence-corrected chi connectivity index (χ4v) is 3.95. The van der Waals surface area contributed by atoms with Crippen LogP contribution in [0.15, 0.2) is 54.6 Å². The summed E-state index contributed by atoms with van der Waals surface area (Å²) in [6, 6.07) is 10.5. The molecule has 0 aliphatic heterocycles. The predicted molar refractivity (Wildman–Crippen MR) is 128 cm³/mol. The van der Waals surface area contributed by atoms with Crippen molar-refractivity contribution in [3.8, 4) is 11.3 Å². The summed E-state index contributed by atoms with van der Waals surface area (Å²) < 4.78 is 105. The number of benzene rings is 2. The van der Waals surface area contributed by atoms with Gasteiger partial charge in [-0.05, 0) is 36.2 Å². The zero-order valence-electron chi connectivity index (χ0n) is 20.1. The van der Waals surface area contributed by atoms with E-state index in [1.54, 1.807) is 0 Å². The van der Waals surface area contributed by atoms with Crippen LogP contribution >= 0.6 is 0 Å². The summed E-state index contributed by atoms with van der Waals surface area (Å²) in [5.74, 6) is -2.19. The Labute approximate surface area is 215 Å². The van der Waals surface area contributed by atoms with Crippen LogP contribution in [0.1, 0.15) is 47.2 Å². The summed E-state index contributed by atoms with van der Waals surface area (Å²) in [6.45, 7) is 0.930.